The number of H-pyrrole nitrogens is 1. The molecule has 0 bridgehead atoms. The summed E-state index contributed by atoms with van der Waals surface area (Å²) in [6.07, 6.45) is 4.05. The van der Waals surface area contributed by atoms with Crippen LogP contribution in [0.15, 0.2) is 11.6 Å². The molecule has 0 saturated heterocycles. The first-order valence-corrected chi connectivity index (χ1v) is 7.96. The SMILES string of the molecule is Cc1csc(C(NC(=O)NCc2cn[nH]c2C)C2CC2)n1. The minimum absolute atomic E-state index is 0.0362. The highest BCUT2D eigenvalue weighted by molar-refractivity contribution is 7.09. The van der Waals surface area contributed by atoms with Gasteiger partial charge >= 0.3 is 6.03 Å². The van der Waals surface area contributed by atoms with Gasteiger partial charge in [0.15, 0.2) is 0 Å². The topological polar surface area (TPSA) is 82.7 Å². The van der Waals surface area contributed by atoms with Crippen LogP contribution < -0.4 is 10.6 Å². The molecular formula is C14H19N5OS. The number of thiazole rings is 1. The van der Waals surface area contributed by atoms with Crippen molar-refractivity contribution < 1.29 is 4.79 Å². The third-order valence-electron chi connectivity index (χ3n) is 3.66. The largest absolute Gasteiger partial charge is 0.334 e. The first kappa shape index (κ1) is 14.1. The van der Waals surface area contributed by atoms with Crippen LogP contribution in [0.2, 0.25) is 0 Å². The first-order valence-electron chi connectivity index (χ1n) is 7.08. The van der Waals surface area contributed by atoms with Crippen molar-refractivity contribution in [2.75, 3.05) is 0 Å². The predicted octanol–water partition coefficient (Wildman–Crippen LogP) is 2.43. The summed E-state index contributed by atoms with van der Waals surface area (Å²) in [6, 6.07) is -0.116. The van der Waals surface area contributed by atoms with Gasteiger partial charge in [0.1, 0.15) is 5.01 Å². The van der Waals surface area contributed by atoms with Gasteiger partial charge in [-0.25, -0.2) is 9.78 Å². The van der Waals surface area contributed by atoms with Crippen molar-refractivity contribution >= 4 is 17.4 Å². The average Bonchev–Trinajstić information content (AvgIpc) is 3.08. The van der Waals surface area contributed by atoms with E-state index in [4.69, 9.17) is 0 Å². The Labute approximate surface area is 127 Å². The van der Waals surface area contributed by atoms with Gasteiger partial charge in [0.05, 0.1) is 12.2 Å². The number of urea groups is 1. The Kier molecular flexibility index (Phi) is 3.92. The summed E-state index contributed by atoms with van der Waals surface area (Å²) in [5.41, 5.74) is 2.99. The fraction of sp³-hybridized carbons (Fsp3) is 0.500. The number of hydrogen-bond donors (Lipinski definition) is 3. The zero-order valence-corrected chi connectivity index (χ0v) is 13.0. The van der Waals surface area contributed by atoms with Crippen molar-refractivity contribution in [3.05, 3.63) is 33.5 Å². The molecule has 2 amide bonds. The molecule has 0 aliphatic heterocycles. The highest BCUT2D eigenvalue weighted by Gasteiger charge is 2.35. The Bertz CT molecular complexity index is 631. The van der Waals surface area contributed by atoms with Gasteiger partial charge in [-0.1, -0.05) is 0 Å². The summed E-state index contributed by atoms with van der Waals surface area (Å²) in [7, 11) is 0. The Morgan fingerprint density at radius 1 is 1.52 bits per heavy atom. The van der Waals surface area contributed by atoms with Crippen LogP contribution in [-0.2, 0) is 6.54 Å². The summed E-state index contributed by atoms with van der Waals surface area (Å²) in [6.45, 7) is 4.39. The molecule has 1 aliphatic rings. The van der Waals surface area contributed by atoms with E-state index in [0.29, 0.717) is 12.5 Å². The molecule has 21 heavy (non-hydrogen) atoms. The molecule has 2 heterocycles. The molecule has 0 spiro atoms. The molecular weight excluding hydrogens is 286 g/mol. The van der Waals surface area contributed by atoms with E-state index in [1.165, 1.54) is 0 Å². The normalized spacial score (nSPS) is 15.7. The molecule has 6 nitrogen and oxygen atoms in total. The summed E-state index contributed by atoms with van der Waals surface area (Å²) in [5, 5.41) is 15.8. The van der Waals surface area contributed by atoms with Crippen molar-refractivity contribution in [3.8, 4) is 0 Å². The lowest BCUT2D eigenvalue weighted by Crippen LogP contribution is -2.38. The van der Waals surface area contributed by atoms with Crippen LogP contribution in [0.25, 0.3) is 0 Å². The molecule has 7 heteroatoms. The second-order valence-corrected chi connectivity index (χ2v) is 6.38. The molecule has 3 rings (SSSR count). The van der Waals surface area contributed by atoms with E-state index in [1.54, 1.807) is 17.5 Å². The summed E-state index contributed by atoms with van der Waals surface area (Å²) >= 11 is 1.62. The van der Waals surface area contributed by atoms with Gasteiger partial charge in [-0.15, -0.1) is 11.3 Å². The van der Waals surface area contributed by atoms with E-state index in [2.05, 4.69) is 25.8 Å². The molecule has 2 aromatic heterocycles. The van der Waals surface area contributed by atoms with Crippen molar-refractivity contribution in [2.45, 2.75) is 39.3 Å². The van der Waals surface area contributed by atoms with Gasteiger partial charge < -0.3 is 10.6 Å². The van der Waals surface area contributed by atoms with Crippen LogP contribution in [0.5, 0.6) is 0 Å². The number of hydrogen-bond acceptors (Lipinski definition) is 4. The summed E-state index contributed by atoms with van der Waals surface area (Å²) in [4.78, 5) is 16.6. The number of rotatable bonds is 5. The lowest BCUT2D eigenvalue weighted by molar-refractivity contribution is 0.235. The minimum Gasteiger partial charge on any atom is -0.334 e. The monoisotopic (exact) mass is 305 g/mol. The summed E-state index contributed by atoms with van der Waals surface area (Å²) in [5.74, 6) is 0.525. The van der Waals surface area contributed by atoms with Crippen LogP contribution >= 0.6 is 11.3 Å². The number of aromatic amines is 1. The molecule has 1 unspecified atom stereocenters. The lowest BCUT2D eigenvalue weighted by Gasteiger charge is -2.16. The molecule has 2 aromatic rings. The van der Waals surface area contributed by atoms with Crippen molar-refractivity contribution in [1.29, 1.82) is 0 Å². The Morgan fingerprint density at radius 3 is 2.90 bits per heavy atom. The van der Waals surface area contributed by atoms with E-state index in [1.807, 2.05) is 19.2 Å². The molecule has 0 radical (unpaired) electrons. The number of nitrogens with zero attached hydrogens (tertiary/aromatic N) is 2. The number of aromatic nitrogens is 3. The number of aryl methyl sites for hydroxylation is 2. The molecule has 1 saturated carbocycles. The van der Waals surface area contributed by atoms with Gasteiger partial charge in [0, 0.05) is 28.9 Å². The second kappa shape index (κ2) is 5.85. The maximum Gasteiger partial charge on any atom is 0.315 e. The van der Waals surface area contributed by atoms with E-state index in [0.717, 1.165) is 34.8 Å². The predicted molar refractivity (Wildman–Crippen MR) is 81.0 cm³/mol. The molecule has 1 aliphatic carbocycles. The maximum absolute atomic E-state index is 12.1. The Hall–Kier alpha value is -1.89. The molecule has 3 N–H and O–H groups in total. The van der Waals surface area contributed by atoms with Gasteiger partial charge in [0.2, 0.25) is 0 Å². The fourth-order valence-electron chi connectivity index (χ4n) is 2.25. The first-order chi connectivity index (χ1) is 10.1. The van der Waals surface area contributed by atoms with E-state index in [9.17, 15) is 4.79 Å². The number of carbonyl (C=O) groups is 1. The number of nitrogens with one attached hydrogen (secondary N) is 3. The highest BCUT2D eigenvalue weighted by Crippen LogP contribution is 2.41. The van der Waals surface area contributed by atoms with Crippen molar-refractivity contribution in [3.63, 3.8) is 0 Å². The molecule has 1 atom stereocenters. The average molecular weight is 305 g/mol. The highest BCUT2D eigenvalue weighted by atomic mass is 32.1. The lowest BCUT2D eigenvalue weighted by atomic mass is 10.2. The molecule has 1 fully saturated rings. The van der Waals surface area contributed by atoms with Crippen LogP contribution in [0.4, 0.5) is 4.79 Å². The maximum atomic E-state index is 12.1. The smallest absolute Gasteiger partial charge is 0.315 e. The molecule has 112 valence electrons. The fourth-order valence-corrected chi connectivity index (χ4v) is 3.19. The van der Waals surface area contributed by atoms with Crippen molar-refractivity contribution in [2.24, 2.45) is 5.92 Å². The number of carbonyl (C=O) groups excluding carboxylic acids is 1. The summed E-state index contributed by atoms with van der Waals surface area (Å²) < 4.78 is 0. The zero-order valence-electron chi connectivity index (χ0n) is 12.1. The zero-order chi connectivity index (χ0) is 14.8. The molecule has 0 aromatic carbocycles. The second-order valence-electron chi connectivity index (χ2n) is 5.49. The minimum atomic E-state index is -0.152. The van der Waals surface area contributed by atoms with Gasteiger partial charge in [-0.3, -0.25) is 5.10 Å². The quantitative estimate of drug-likeness (QED) is 0.793. The third kappa shape index (κ3) is 3.41. The van der Waals surface area contributed by atoms with Crippen LogP contribution in [0.3, 0.4) is 0 Å². The van der Waals surface area contributed by atoms with Crippen LogP contribution in [0.1, 0.15) is 40.8 Å². The van der Waals surface area contributed by atoms with Gasteiger partial charge in [0.25, 0.3) is 0 Å². The number of amides is 2. The Balaban J connectivity index is 1.58. The van der Waals surface area contributed by atoms with Crippen LogP contribution in [-0.4, -0.2) is 21.2 Å². The third-order valence-corrected chi connectivity index (χ3v) is 4.70. The van der Waals surface area contributed by atoms with Crippen molar-refractivity contribution in [1.82, 2.24) is 25.8 Å². The van der Waals surface area contributed by atoms with E-state index < -0.39 is 0 Å². The van der Waals surface area contributed by atoms with E-state index in [-0.39, 0.29) is 12.1 Å². The Morgan fingerprint density at radius 2 is 2.33 bits per heavy atom. The van der Waals surface area contributed by atoms with E-state index >= 15 is 0 Å². The van der Waals surface area contributed by atoms with Crippen LogP contribution in [0, 0.1) is 19.8 Å². The van der Waals surface area contributed by atoms with Gasteiger partial charge in [-0.05, 0) is 32.6 Å². The van der Waals surface area contributed by atoms with Gasteiger partial charge in [-0.2, -0.15) is 5.10 Å². The standard InChI is InChI=1S/C14H19N5OS/c1-8-7-21-13(17-8)12(10-3-4-10)18-14(20)15-5-11-6-16-19-9(11)2/h6-7,10,12H,3-5H2,1-2H3,(H,16,19)(H2,15,18,20).